The Labute approximate surface area is 91.1 Å². The average Bonchev–Trinajstić information content (AvgIpc) is 2.17. The lowest BCUT2D eigenvalue weighted by molar-refractivity contribution is 0.178. The standard InChI is InChI=1S/C10H10BrNO2/c1-14-9-4-2-3-7(11)10(9)8(13)5-6-12/h2-4,8,13H,5H2,1H3. The van der Waals surface area contributed by atoms with E-state index < -0.39 is 6.10 Å². The Bertz CT molecular complexity index is 360. The number of nitrogens with zero attached hydrogens (tertiary/aromatic N) is 1. The van der Waals surface area contributed by atoms with E-state index in [9.17, 15) is 5.11 Å². The van der Waals surface area contributed by atoms with Crippen LogP contribution in [0, 0.1) is 11.3 Å². The Hall–Kier alpha value is -1.05. The summed E-state index contributed by atoms with van der Waals surface area (Å²) in [6, 6.07) is 7.28. The lowest BCUT2D eigenvalue weighted by Crippen LogP contribution is -2.00. The van der Waals surface area contributed by atoms with Gasteiger partial charge in [-0.05, 0) is 12.1 Å². The molecule has 0 radical (unpaired) electrons. The first-order valence-electron chi connectivity index (χ1n) is 4.08. The number of aliphatic hydroxyl groups excluding tert-OH is 1. The van der Waals surface area contributed by atoms with Crippen molar-refractivity contribution in [2.75, 3.05) is 7.11 Å². The van der Waals surface area contributed by atoms with Crippen molar-refractivity contribution in [1.29, 1.82) is 5.26 Å². The first-order valence-corrected chi connectivity index (χ1v) is 4.87. The summed E-state index contributed by atoms with van der Waals surface area (Å²) in [5.74, 6) is 0.585. The zero-order valence-electron chi connectivity index (χ0n) is 7.70. The van der Waals surface area contributed by atoms with Crippen molar-refractivity contribution in [1.82, 2.24) is 0 Å². The van der Waals surface area contributed by atoms with Gasteiger partial charge in [0.05, 0.1) is 25.7 Å². The van der Waals surface area contributed by atoms with Crippen LogP contribution in [-0.2, 0) is 0 Å². The van der Waals surface area contributed by atoms with Gasteiger partial charge in [0.15, 0.2) is 0 Å². The minimum Gasteiger partial charge on any atom is -0.496 e. The van der Waals surface area contributed by atoms with Crippen LogP contribution in [-0.4, -0.2) is 12.2 Å². The summed E-state index contributed by atoms with van der Waals surface area (Å²) >= 11 is 3.31. The van der Waals surface area contributed by atoms with Crippen molar-refractivity contribution >= 4 is 15.9 Å². The molecule has 14 heavy (non-hydrogen) atoms. The second-order valence-corrected chi connectivity index (χ2v) is 3.59. The zero-order chi connectivity index (χ0) is 10.6. The molecule has 1 N–H and O–H groups in total. The van der Waals surface area contributed by atoms with Crippen LogP contribution < -0.4 is 4.74 Å². The second kappa shape index (κ2) is 4.99. The Morgan fingerprint density at radius 2 is 2.36 bits per heavy atom. The minimum atomic E-state index is -0.814. The van der Waals surface area contributed by atoms with Gasteiger partial charge >= 0.3 is 0 Å². The van der Waals surface area contributed by atoms with Crippen molar-refractivity contribution in [2.45, 2.75) is 12.5 Å². The molecule has 0 bridgehead atoms. The molecule has 0 saturated heterocycles. The molecule has 1 rings (SSSR count). The highest BCUT2D eigenvalue weighted by Crippen LogP contribution is 2.33. The number of methoxy groups -OCH3 is 1. The van der Waals surface area contributed by atoms with Crippen LogP contribution in [0.5, 0.6) is 5.75 Å². The molecule has 1 aromatic carbocycles. The number of hydrogen-bond acceptors (Lipinski definition) is 3. The van der Waals surface area contributed by atoms with Crippen molar-refractivity contribution < 1.29 is 9.84 Å². The van der Waals surface area contributed by atoms with Gasteiger partial charge in [-0.25, -0.2) is 0 Å². The summed E-state index contributed by atoms with van der Waals surface area (Å²) in [4.78, 5) is 0. The molecule has 0 aromatic heterocycles. The molecule has 0 heterocycles. The van der Waals surface area contributed by atoms with E-state index in [0.29, 0.717) is 11.3 Å². The van der Waals surface area contributed by atoms with Crippen LogP contribution in [0.25, 0.3) is 0 Å². The van der Waals surface area contributed by atoms with Crippen LogP contribution in [0.1, 0.15) is 18.1 Å². The van der Waals surface area contributed by atoms with Crippen LogP contribution in [0.3, 0.4) is 0 Å². The van der Waals surface area contributed by atoms with E-state index >= 15 is 0 Å². The maximum Gasteiger partial charge on any atom is 0.125 e. The molecule has 0 amide bonds. The fraction of sp³-hybridized carbons (Fsp3) is 0.300. The number of ether oxygens (including phenoxy) is 1. The predicted octanol–water partition coefficient (Wildman–Crippen LogP) is 2.40. The fourth-order valence-electron chi connectivity index (χ4n) is 1.21. The van der Waals surface area contributed by atoms with Gasteiger partial charge in [-0.1, -0.05) is 22.0 Å². The molecule has 1 aromatic rings. The van der Waals surface area contributed by atoms with Crippen LogP contribution in [0.2, 0.25) is 0 Å². The smallest absolute Gasteiger partial charge is 0.125 e. The quantitative estimate of drug-likeness (QED) is 0.903. The molecule has 0 aliphatic rings. The lowest BCUT2D eigenvalue weighted by Gasteiger charge is -2.13. The number of rotatable bonds is 3. The van der Waals surface area contributed by atoms with Gasteiger partial charge in [-0.2, -0.15) is 5.26 Å². The van der Waals surface area contributed by atoms with Crippen molar-refractivity contribution in [2.24, 2.45) is 0 Å². The number of aliphatic hydroxyl groups is 1. The van der Waals surface area contributed by atoms with Crippen molar-refractivity contribution in [3.63, 3.8) is 0 Å². The van der Waals surface area contributed by atoms with E-state index in [4.69, 9.17) is 10.00 Å². The van der Waals surface area contributed by atoms with Crippen LogP contribution >= 0.6 is 15.9 Å². The molecule has 0 aliphatic carbocycles. The van der Waals surface area contributed by atoms with Crippen molar-refractivity contribution in [3.8, 4) is 11.8 Å². The third-order valence-corrected chi connectivity index (χ3v) is 2.54. The van der Waals surface area contributed by atoms with E-state index in [2.05, 4.69) is 15.9 Å². The molecule has 74 valence electrons. The Kier molecular flexibility index (Phi) is 3.93. The van der Waals surface area contributed by atoms with Gasteiger partial charge in [0.25, 0.3) is 0 Å². The molecular weight excluding hydrogens is 246 g/mol. The van der Waals surface area contributed by atoms with Gasteiger partial charge in [-0.3, -0.25) is 0 Å². The number of benzene rings is 1. The first-order chi connectivity index (χ1) is 6.70. The van der Waals surface area contributed by atoms with Gasteiger partial charge < -0.3 is 9.84 Å². The summed E-state index contributed by atoms with van der Waals surface area (Å²) < 4.78 is 5.84. The van der Waals surface area contributed by atoms with Crippen LogP contribution in [0.4, 0.5) is 0 Å². The van der Waals surface area contributed by atoms with Gasteiger partial charge in [0.1, 0.15) is 5.75 Å². The maximum atomic E-state index is 9.68. The van der Waals surface area contributed by atoms with E-state index in [-0.39, 0.29) is 6.42 Å². The Morgan fingerprint density at radius 3 is 2.93 bits per heavy atom. The van der Waals surface area contributed by atoms with Crippen molar-refractivity contribution in [3.05, 3.63) is 28.2 Å². The van der Waals surface area contributed by atoms with E-state index in [1.54, 1.807) is 12.1 Å². The summed E-state index contributed by atoms with van der Waals surface area (Å²) in [6.07, 6.45) is -0.760. The van der Waals surface area contributed by atoms with E-state index in [1.165, 1.54) is 7.11 Å². The summed E-state index contributed by atoms with van der Waals surface area (Å²) in [5.41, 5.74) is 0.622. The summed E-state index contributed by atoms with van der Waals surface area (Å²) in [7, 11) is 1.53. The molecular formula is C10H10BrNO2. The number of hydrogen-bond donors (Lipinski definition) is 1. The van der Waals surface area contributed by atoms with Gasteiger partial charge in [0.2, 0.25) is 0 Å². The molecule has 0 spiro atoms. The minimum absolute atomic E-state index is 0.0545. The Balaban J connectivity index is 3.11. The maximum absolute atomic E-state index is 9.68. The predicted molar refractivity (Wildman–Crippen MR) is 55.9 cm³/mol. The number of halogens is 1. The topological polar surface area (TPSA) is 53.2 Å². The molecule has 0 saturated carbocycles. The highest BCUT2D eigenvalue weighted by atomic mass is 79.9. The molecule has 1 unspecified atom stereocenters. The monoisotopic (exact) mass is 255 g/mol. The lowest BCUT2D eigenvalue weighted by atomic mass is 10.1. The normalized spacial score (nSPS) is 11.9. The second-order valence-electron chi connectivity index (χ2n) is 2.73. The largest absolute Gasteiger partial charge is 0.496 e. The first kappa shape index (κ1) is 11.0. The molecule has 4 heteroatoms. The highest BCUT2D eigenvalue weighted by Gasteiger charge is 2.15. The Morgan fingerprint density at radius 1 is 1.64 bits per heavy atom. The highest BCUT2D eigenvalue weighted by molar-refractivity contribution is 9.10. The fourth-order valence-corrected chi connectivity index (χ4v) is 1.82. The summed E-state index contributed by atoms with van der Waals surface area (Å²) in [6.45, 7) is 0. The number of nitriles is 1. The van der Waals surface area contributed by atoms with E-state index in [1.807, 2.05) is 12.1 Å². The summed E-state index contributed by atoms with van der Waals surface area (Å²) in [5, 5.41) is 18.2. The van der Waals surface area contributed by atoms with Gasteiger partial charge in [-0.15, -0.1) is 0 Å². The van der Waals surface area contributed by atoms with Crippen LogP contribution in [0.15, 0.2) is 22.7 Å². The third-order valence-electron chi connectivity index (χ3n) is 1.85. The zero-order valence-corrected chi connectivity index (χ0v) is 9.28. The molecule has 1 atom stereocenters. The van der Waals surface area contributed by atoms with E-state index in [0.717, 1.165) is 4.47 Å². The SMILES string of the molecule is COc1cccc(Br)c1C(O)CC#N. The molecule has 0 fully saturated rings. The third kappa shape index (κ3) is 2.25. The van der Waals surface area contributed by atoms with Gasteiger partial charge in [0, 0.05) is 10.0 Å². The average molecular weight is 256 g/mol. The molecule has 0 aliphatic heterocycles. The molecule has 3 nitrogen and oxygen atoms in total.